The largest absolute Gasteiger partial charge is 0.478 e. The normalized spacial score (nSPS) is 10.7. The number of pyridine rings is 1. The summed E-state index contributed by atoms with van der Waals surface area (Å²) in [6.45, 7) is 1.92. The molecule has 0 bridgehead atoms. The average molecular weight is 342 g/mol. The number of nitrogens with zero attached hydrogens (tertiary/aromatic N) is 3. The topological polar surface area (TPSA) is 68.0 Å². The molecule has 19 heavy (non-hydrogen) atoms. The van der Waals surface area contributed by atoms with Gasteiger partial charge in [-0.2, -0.15) is 5.10 Å². The first-order chi connectivity index (χ1) is 9.00. The minimum Gasteiger partial charge on any atom is -0.478 e. The van der Waals surface area contributed by atoms with Crippen molar-refractivity contribution in [2.24, 2.45) is 7.05 Å². The van der Waals surface area contributed by atoms with E-state index in [0.717, 1.165) is 15.9 Å². The molecule has 2 rings (SSSR count). The molecular formula is C12H12BrN3O2S. The lowest BCUT2D eigenvalue weighted by atomic mass is 10.3. The zero-order chi connectivity index (χ0) is 14.0. The van der Waals surface area contributed by atoms with Crippen LogP contribution in [0.15, 0.2) is 27.8 Å². The van der Waals surface area contributed by atoms with Gasteiger partial charge in [-0.1, -0.05) is 11.8 Å². The van der Waals surface area contributed by atoms with Gasteiger partial charge >= 0.3 is 5.97 Å². The number of aromatic carboxylic acids is 1. The van der Waals surface area contributed by atoms with Crippen molar-refractivity contribution in [3.8, 4) is 0 Å². The highest BCUT2D eigenvalue weighted by molar-refractivity contribution is 9.10. The molecule has 0 saturated heterocycles. The van der Waals surface area contributed by atoms with Gasteiger partial charge in [-0.15, -0.1) is 0 Å². The molecule has 1 N–H and O–H groups in total. The standard InChI is InChI=1S/C12H12BrN3O2S/c1-7-10(13)9(16(2)15-7)6-19-11-8(12(17)18)4-3-5-14-11/h3-5H,6H2,1-2H3,(H,17,18). The minimum absolute atomic E-state index is 0.225. The SMILES string of the molecule is Cc1nn(C)c(CSc2ncccc2C(=O)O)c1Br. The van der Waals surface area contributed by atoms with Gasteiger partial charge in [-0.3, -0.25) is 4.68 Å². The van der Waals surface area contributed by atoms with Crippen LogP contribution in [0.2, 0.25) is 0 Å². The number of carboxylic acid groups (broad SMARTS) is 1. The molecule has 0 unspecified atom stereocenters. The Bertz CT molecular complexity index is 627. The molecule has 2 heterocycles. The molecule has 2 aromatic heterocycles. The van der Waals surface area contributed by atoms with Crippen molar-refractivity contribution < 1.29 is 9.90 Å². The average Bonchev–Trinajstić information content (AvgIpc) is 2.61. The molecule has 2 aromatic rings. The quantitative estimate of drug-likeness (QED) is 0.866. The Morgan fingerprint density at radius 2 is 2.32 bits per heavy atom. The van der Waals surface area contributed by atoms with Crippen LogP contribution in [0.3, 0.4) is 0 Å². The zero-order valence-corrected chi connectivity index (χ0v) is 12.8. The number of carboxylic acids is 1. The summed E-state index contributed by atoms with van der Waals surface area (Å²) in [6, 6.07) is 3.18. The van der Waals surface area contributed by atoms with Crippen LogP contribution in [0.25, 0.3) is 0 Å². The molecule has 0 aliphatic heterocycles. The number of halogens is 1. The molecule has 0 radical (unpaired) electrons. The molecule has 0 spiro atoms. The molecule has 7 heteroatoms. The lowest BCUT2D eigenvalue weighted by Crippen LogP contribution is -2.01. The van der Waals surface area contributed by atoms with E-state index in [1.54, 1.807) is 23.0 Å². The smallest absolute Gasteiger partial charge is 0.338 e. The highest BCUT2D eigenvalue weighted by Gasteiger charge is 2.15. The van der Waals surface area contributed by atoms with E-state index in [2.05, 4.69) is 26.0 Å². The van der Waals surface area contributed by atoms with Crippen LogP contribution < -0.4 is 0 Å². The van der Waals surface area contributed by atoms with Crippen LogP contribution in [-0.4, -0.2) is 25.8 Å². The van der Waals surface area contributed by atoms with Crippen LogP contribution in [0.5, 0.6) is 0 Å². The number of aromatic nitrogens is 3. The monoisotopic (exact) mass is 341 g/mol. The van der Waals surface area contributed by atoms with Gasteiger partial charge in [0.15, 0.2) is 0 Å². The van der Waals surface area contributed by atoms with Crippen molar-refractivity contribution in [3.05, 3.63) is 39.8 Å². The van der Waals surface area contributed by atoms with Crippen molar-refractivity contribution in [2.45, 2.75) is 17.7 Å². The van der Waals surface area contributed by atoms with Crippen molar-refractivity contribution in [3.63, 3.8) is 0 Å². The first kappa shape index (κ1) is 14.1. The van der Waals surface area contributed by atoms with Crippen molar-refractivity contribution in [1.29, 1.82) is 0 Å². The summed E-state index contributed by atoms with van der Waals surface area (Å²) in [5, 5.41) is 13.9. The Morgan fingerprint density at radius 3 is 2.89 bits per heavy atom. The predicted molar refractivity (Wildman–Crippen MR) is 76.4 cm³/mol. The maximum Gasteiger partial charge on any atom is 0.338 e. The molecular weight excluding hydrogens is 330 g/mol. The summed E-state index contributed by atoms with van der Waals surface area (Å²) >= 11 is 4.88. The van der Waals surface area contributed by atoms with Crippen molar-refractivity contribution >= 4 is 33.7 Å². The highest BCUT2D eigenvalue weighted by Crippen LogP contribution is 2.29. The number of carbonyl (C=O) groups is 1. The number of aryl methyl sites for hydroxylation is 2. The summed E-state index contributed by atoms with van der Waals surface area (Å²) in [5.74, 6) is -0.356. The highest BCUT2D eigenvalue weighted by atomic mass is 79.9. The van der Waals surface area contributed by atoms with Gasteiger partial charge in [0.25, 0.3) is 0 Å². The van der Waals surface area contributed by atoms with E-state index in [1.807, 2.05) is 14.0 Å². The molecule has 0 aliphatic carbocycles. The first-order valence-corrected chi connectivity index (χ1v) is 7.27. The van der Waals surface area contributed by atoms with E-state index >= 15 is 0 Å². The van der Waals surface area contributed by atoms with Gasteiger partial charge < -0.3 is 5.11 Å². The van der Waals surface area contributed by atoms with Gasteiger partial charge in [0.05, 0.1) is 21.4 Å². The Morgan fingerprint density at radius 1 is 1.58 bits per heavy atom. The number of hydrogen-bond acceptors (Lipinski definition) is 4. The fourth-order valence-electron chi connectivity index (χ4n) is 1.64. The number of rotatable bonds is 4. The van der Waals surface area contributed by atoms with Crippen LogP contribution in [0, 0.1) is 6.92 Å². The van der Waals surface area contributed by atoms with Gasteiger partial charge in [0.2, 0.25) is 0 Å². The summed E-state index contributed by atoms with van der Waals surface area (Å²) in [5.41, 5.74) is 2.14. The number of thioether (sulfide) groups is 1. The van der Waals surface area contributed by atoms with Crippen molar-refractivity contribution in [1.82, 2.24) is 14.8 Å². The third-order valence-electron chi connectivity index (χ3n) is 2.61. The molecule has 0 atom stereocenters. The Hall–Kier alpha value is -1.34. The van der Waals surface area contributed by atoms with E-state index in [0.29, 0.717) is 10.8 Å². The fourth-order valence-corrected chi connectivity index (χ4v) is 3.35. The fraction of sp³-hybridized carbons (Fsp3) is 0.250. The maximum atomic E-state index is 11.1. The van der Waals surface area contributed by atoms with E-state index in [1.165, 1.54) is 11.8 Å². The lowest BCUT2D eigenvalue weighted by molar-refractivity contribution is 0.0692. The Labute approximate surface area is 123 Å². The molecule has 100 valence electrons. The van der Waals surface area contributed by atoms with Crippen LogP contribution in [-0.2, 0) is 12.8 Å². The molecule has 0 aliphatic rings. The molecule has 0 amide bonds. The second kappa shape index (κ2) is 5.75. The van der Waals surface area contributed by atoms with Crippen LogP contribution in [0.4, 0.5) is 0 Å². The van der Waals surface area contributed by atoms with E-state index in [-0.39, 0.29) is 5.56 Å². The maximum absolute atomic E-state index is 11.1. The third-order valence-corrected chi connectivity index (χ3v) is 4.66. The van der Waals surface area contributed by atoms with Gasteiger partial charge in [-0.05, 0) is 35.0 Å². The summed E-state index contributed by atoms with van der Waals surface area (Å²) in [7, 11) is 1.87. The predicted octanol–water partition coefficient (Wildman–Crippen LogP) is 2.88. The summed E-state index contributed by atoms with van der Waals surface area (Å²) in [4.78, 5) is 15.2. The minimum atomic E-state index is -0.962. The van der Waals surface area contributed by atoms with Crippen molar-refractivity contribution in [2.75, 3.05) is 0 Å². The van der Waals surface area contributed by atoms with Gasteiger partial charge in [-0.25, -0.2) is 9.78 Å². The summed E-state index contributed by atoms with van der Waals surface area (Å²) < 4.78 is 2.74. The first-order valence-electron chi connectivity index (χ1n) is 5.49. The second-order valence-corrected chi connectivity index (χ2v) is 5.68. The third kappa shape index (κ3) is 2.98. The second-order valence-electron chi connectivity index (χ2n) is 3.92. The summed E-state index contributed by atoms with van der Waals surface area (Å²) in [6.07, 6.45) is 1.60. The van der Waals surface area contributed by atoms with Gasteiger partial charge in [0, 0.05) is 19.0 Å². The van der Waals surface area contributed by atoms with E-state index in [4.69, 9.17) is 5.11 Å². The van der Waals surface area contributed by atoms with Crippen LogP contribution in [0.1, 0.15) is 21.7 Å². The van der Waals surface area contributed by atoms with Gasteiger partial charge in [0.1, 0.15) is 5.03 Å². The number of hydrogen-bond donors (Lipinski definition) is 1. The molecule has 0 fully saturated rings. The molecule has 0 aromatic carbocycles. The Balaban J connectivity index is 2.22. The molecule has 5 nitrogen and oxygen atoms in total. The van der Waals surface area contributed by atoms with E-state index in [9.17, 15) is 4.79 Å². The Kier molecular flexibility index (Phi) is 4.26. The van der Waals surface area contributed by atoms with E-state index < -0.39 is 5.97 Å². The zero-order valence-electron chi connectivity index (χ0n) is 10.4. The molecule has 0 saturated carbocycles. The van der Waals surface area contributed by atoms with Crippen LogP contribution >= 0.6 is 27.7 Å². The lowest BCUT2D eigenvalue weighted by Gasteiger charge is -2.05.